The highest BCUT2D eigenvalue weighted by Gasteiger charge is 2.08. The van der Waals surface area contributed by atoms with E-state index in [1.807, 2.05) is 0 Å². The fraction of sp³-hybridized carbons (Fsp3) is 0.500. The molecule has 0 saturated heterocycles. The molecule has 0 aliphatic rings. The zero-order valence-corrected chi connectivity index (χ0v) is 9.71. The summed E-state index contributed by atoms with van der Waals surface area (Å²) in [5.74, 6) is -0.439. The summed E-state index contributed by atoms with van der Waals surface area (Å²) < 4.78 is 4.85. The molecule has 16 heavy (non-hydrogen) atoms. The Morgan fingerprint density at radius 1 is 1.38 bits per heavy atom. The summed E-state index contributed by atoms with van der Waals surface area (Å²) in [5.41, 5.74) is 0.866. The van der Waals surface area contributed by atoms with Crippen molar-refractivity contribution in [3.8, 4) is 0 Å². The van der Waals surface area contributed by atoms with Gasteiger partial charge in [0.05, 0.1) is 12.2 Å². The van der Waals surface area contributed by atoms with Crippen LogP contribution in [0.4, 0.5) is 0 Å². The van der Waals surface area contributed by atoms with E-state index >= 15 is 0 Å². The molecule has 0 bridgehead atoms. The van der Waals surface area contributed by atoms with Crippen molar-refractivity contribution in [2.45, 2.75) is 33.1 Å². The Bertz CT molecular complexity index is 409. The number of aromatic nitrogens is 1. The fourth-order valence-corrected chi connectivity index (χ4v) is 1.44. The summed E-state index contributed by atoms with van der Waals surface area (Å²) >= 11 is 0. The van der Waals surface area contributed by atoms with Gasteiger partial charge in [-0.3, -0.25) is 4.79 Å². The Morgan fingerprint density at radius 3 is 2.75 bits per heavy atom. The number of hydrogen-bond donors (Lipinski definition) is 1. The van der Waals surface area contributed by atoms with Crippen LogP contribution < -0.4 is 5.56 Å². The van der Waals surface area contributed by atoms with Crippen molar-refractivity contribution in [2.75, 3.05) is 6.61 Å². The number of ether oxygens (including phenoxy) is 1. The van der Waals surface area contributed by atoms with Gasteiger partial charge >= 0.3 is 5.97 Å². The highest BCUT2D eigenvalue weighted by Crippen LogP contribution is 2.05. The van der Waals surface area contributed by atoms with Crippen LogP contribution in [-0.4, -0.2) is 17.6 Å². The number of nitrogens with one attached hydrogen (secondary N) is 1. The van der Waals surface area contributed by atoms with Crippen molar-refractivity contribution in [2.24, 2.45) is 0 Å². The van der Waals surface area contributed by atoms with Crippen LogP contribution in [0, 0.1) is 0 Å². The summed E-state index contributed by atoms with van der Waals surface area (Å²) in [6.07, 6.45) is 2.81. The Kier molecular flexibility index (Phi) is 4.76. The summed E-state index contributed by atoms with van der Waals surface area (Å²) in [7, 11) is 0. The highest BCUT2D eigenvalue weighted by atomic mass is 16.5. The first-order valence-electron chi connectivity index (χ1n) is 5.57. The van der Waals surface area contributed by atoms with Crippen LogP contribution in [0.3, 0.4) is 0 Å². The topological polar surface area (TPSA) is 59.2 Å². The molecule has 0 saturated carbocycles. The molecule has 1 aromatic rings. The number of carbonyl (C=O) groups is 1. The summed E-state index contributed by atoms with van der Waals surface area (Å²) in [6, 6.07) is 2.96. The Morgan fingerprint density at radius 2 is 2.12 bits per heavy atom. The lowest BCUT2D eigenvalue weighted by Crippen LogP contribution is -2.14. The fourth-order valence-electron chi connectivity index (χ4n) is 1.44. The maximum atomic E-state index is 11.4. The molecule has 88 valence electrons. The minimum Gasteiger partial charge on any atom is -0.462 e. The van der Waals surface area contributed by atoms with Gasteiger partial charge in [0, 0.05) is 11.8 Å². The number of H-pyrrole nitrogens is 1. The largest absolute Gasteiger partial charge is 0.462 e. The van der Waals surface area contributed by atoms with Crippen molar-refractivity contribution in [3.63, 3.8) is 0 Å². The van der Waals surface area contributed by atoms with Crippen LogP contribution >= 0.6 is 0 Å². The van der Waals surface area contributed by atoms with Gasteiger partial charge in [-0.15, -0.1) is 0 Å². The van der Waals surface area contributed by atoms with E-state index in [2.05, 4.69) is 11.9 Å². The highest BCUT2D eigenvalue weighted by molar-refractivity contribution is 5.89. The SMILES string of the molecule is CCCCc1cc(C(=O)OCC)cc(=O)[nH]1. The van der Waals surface area contributed by atoms with E-state index in [0.29, 0.717) is 12.2 Å². The monoisotopic (exact) mass is 223 g/mol. The molecule has 1 aromatic heterocycles. The molecular formula is C12H17NO3. The molecule has 0 aromatic carbocycles. The average Bonchev–Trinajstić information content (AvgIpc) is 2.26. The average molecular weight is 223 g/mol. The molecule has 0 atom stereocenters. The van der Waals surface area contributed by atoms with Gasteiger partial charge in [0.1, 0.15) is 0 Å². The molecule has 1 heterocycles. The van der Waals surface area contributed by atoms with Crippen molar-refractivity contribution in [1.82, 2.24) is 4.98 Å². The number of pyridine rings is 1. The van der Waals surface area contributed by atoms with E-state index in [1.54, 1.807) is 13.0 Å². The molecule has 1 rings (SSSR count). The number of unbranched alkanes of at least 4 members (excludes halogenated alkanes) is 1. The molecule has 0 aliphatic heterocycles. The minimum absolute atomic E-state index is 0.253. The third-order valence-corrected chi connectivity index (χ3v) is 2.21. The van der Waals surface area contributed by atoms with Crippen molar-refractivity contribution in [1.29, 1.82) is 0 Å². The molecular weight excluding hydrogens is 206 g/mol. The minimum atomic E-state index is -0.439. The van der Waals surface area contributed by atoms with E-state index in [0.717, 1.165) is 25.0 Å². The van der Waals surface area contributed by atoms with Gasteiger partial charge < -0.3 is 9.72 Å². The smallest absolute Gasteiger partial charge is 0.338 e. The van der Waals surface area contributed by atoms with Crippen LogP contribution in [0.1, 0.15) is 42.7 Å². The summed E-state index contributed by atoms with van der Waals surface area (Å²) in [4.78, 5) is 25.5. The van der Waals surface area contributed by atoms with Gasteiger partial charge in [-0.05, 0) is 25.8 Å². The lowest BCUT2D eigenvalue weighted by molar-refractivity contribution is 0.0526. The molecule has 4 nitrogen and oxygen atoms in total. The zero-order valence-electron chi connectivity index (χ0n) is 9.71. The first-order valence-corrected chi connectivity index (χ1v) is 5.57. The third-order valence-electron chi connectivity index (χ3n) is 2.21. The summed E-state index contributed by atoms with van der Waals surface area (Å²) in [6.45, 7) is 4.13. The lowest BCUT2D eigenvalue weighted by atomic mass is 10.1. The van der Waals surface area contributed by atoms with E-state index < -0.39 is 5.97 Å². The van der Waals surface area contributed by atoms with Gasteiger partial charge in [0.2, 0.25) is 5.56 Å². The Labute approximate surface area is 94.6 Å². The Hall–Kier alpha value is -1.58. The Balaban J connectivity index is 2.89. The van der Waals surface area contributed by atoms with Gasteiger partial charge in [-0.25, -0.2) is 4.79 Å². The van der Waals surface area contributed by atoms with E-state index in [4.69, 9.17) is 4.74 Å². The van der Waals surface area contributed by atoms with Gasteiger partial charge in [-0.2, -0.15) is 0 Å². The third kappa shape index (κ3) is 3.53. The molecule has 0 fully saturated rings. The second kappa shape index (κ2) is 6.10. The standard InChI is InChI=1S/C12H17NO3/c1-3-5-6-10-7-9(8-11(14)13-10)12(15)16-4-2/h7-8H,3-6H2,1-2H3,(H,13,14). The number of carbonyl (C=O) groups excluding carboxylic acids is 1. The van der Waals surface area contributed by atoms with Crippen LogP contribution in [0.25, 0.3) is 0 Å². The number of rotatable bonds is 5. The van der Waals surface area contributed by atoms with Crippen LogP contribution in [0.5, 0.6) is 0 Å². The molecule has 4 heteroatoms. The quantitative estimate of drug-likeness (QED) is 0.775. The molecule has 0 amide bonds. The molecule has 0 aliphatic carbocycles. The number of hydrogen-bond acceptors (Lipinski definition) is 3. The summed E-state index contributed by atoms with van der Waals surface area (Å²) in [5, 5.41) is 0. The van der Waals surface area contributed by atoms with E-state index in [-0.39, 0.29) is 5.56 Å². The molecule has 0 radical (unpaired) electrons. The molecule has 0 spiro atoms. The number of esters is 1. The zero-order chi connectivity index (χ0) is 12.0. The van der Waals surface area contributed by atoms with Crippen molar-refractivity contribution < 1.29 is 9.53 Å². The number of aryl methyl sites for hydroxylation is 1. The second-order valence-electron chi connectivity index (χ2n) is 3.58. The van der Waals surface area contributed by atoms with Gasteiger partial charge in [0.25, 0.3) is 0 Å². The first-order chi connectivity index (χ1) is 7.67. The maximum absolute atomic E-state index is 11.4. The first kappa shape index (κ1) is 12.5. The van der Waals surface area contributed by atoms with E-state index in [9.17, 15) is 9.59 Å². The normalized spacial score (nSPS) is 10.1. The van der Waals surface area contributed by atoms with Crippen LogP contribution in [-0.2, 0) is 11.2 Å². The van der Waals surface area contributed by atoms with Crippen molar-refractivity contribution >= 4 is 5.97 Å². The van der Waals surface area contributed by atoms with Crippen LogP contribution in [0.15, 0.2) is 16.9 Å². The number of aromatic amines is 1. The predicted octanol–water partition coefficient (Wildman–Crippen LogP) is 1.89. The second-order valence-corrected chi connectivity index (χ2v) is 3.58. The molecule has 1 N–H and O–H groups in total. The van der Waals surface area contributed by atoms with E-state index in [1.165, 1.54) is 6.07 Å². The van der Waals surface area contributed by atoms with Gasteiger partial charge in [-0.1, -0.05) is 13.3 Å². The van der Waals surface area contributed by atoms with Crippen molar-refractivity contribution in [3.05, 3.63) is 33.7 Å². The molecule has 0 unspecified atom stereocenters. The predicted molar refractivity (Wildman–Crippen MR) is 61.6 cm³/mol. The maximum Gasteiger partial charge on any atom is 0.338 e. The van der Waals surface area contributed by atoms with Gasteiger partial charge in [0.15, 0.2) is 0 Å². The van der Waals surface area contributed by atoms with Crippen LogP contribution in [0.2, 0.25) is 0 Å². The lowest BCUT2D eigenvalue weighted by Gasteiger charge is -2.04.